The summed E-state index contributed by atoms with van der Waals surface area (Å²) < 4.78 is 5.31. The van der Waals surface area contributed by atoms with Gasteiger partial charge in [0, 0.05) is 25.7 Å². The van der Waals surface area contributed by atoms with Gasteiger partial charge in [0.05, 0.1) is 6.10 Å². The Hall–Kier alpha value is -0.120. The number of hydrogen-bond acceptors (Lipinski definition) is 3. The SMILES string of the molecule is COC1CC(NC(C)C2CCCN(C)C2)C1. The summed E-state index contributed by atoms with van der Waals surface area (Å²) in [6, 6.07) is 1.36. The van der Waals surface area contributed by atoms with Crippen LogP contribution in [0, 0.1) is 5.92 Å². The Morgan fingerprint density at radius 3 is 2.75 bits per heavy atom. The lowest BCUT2D eigenvalue weighted by atomic mass is 9.86. The highest BCUT2D eigenvalue weighted by atomic mass is 16.5. The topological polar surface area (TPSA) is 24.5 Å². The molecule has 3 heteroatoms. The van der Waals surface area contributed by atoms with Gasteiger partial charge in [-0.15, -0.1) is 0 Å². The lowest BCUT2D eigenvalue weighted by molar-refractivity contribution is 0.0108. The third-order valence-corrected chi connectivity index (χ3v) is 4.29. The largest absolute Gasteiger partial charge is 0.381 e. The molecule has 2 aliphatic rings. The van der Waals surface area contributed by atoms with Crippen molar-refractivity contribution in [1.29, 1.82) is 0 Å². The highest BCUT2D eigenvalue weighted by Gasteiger charge is 2.32. The summed E-state index contributed by atoms with van der Waals surface area (Å²) in [7, 11) is 4.06. The first kappa shape index (κ1) is 12.3. The van der Waals surface area contributed by atoms with Crippen LogP contribution in [0.3, 0.4) is 0 Å². The van der Waals surface area contributed by atoms with Crippen LogP contribution in [-0.4, -0.2) is 50.3 Å². The molecule has 1 saturated heterocycles. The fourth-order valence-corrected chi connectivity index (χ4v) is 3.02. The van der Waals surface area contributed by atoms with E-state index in [0.717, 1.165) is 5.92 Å². The fourth-order valence-electron chi connectivity index (χ4n) is 3.02. The van der Waals surface area contributed by atoms with Crippen LogP contribution < -0.4 is 5.32 Å². The first-order valence-electron chi connectivity index (χ1n) is 6.66. The Bertz CT molecular complexity index is 216. The predicted octanol–water partition coefficient (Wildman–Crippen LogP) is 1.48. The molecule has 16 heavy (non-hydrogen) atoms. The van der Waals surface area contributed by atoms with Crippen LogP contribution in [-0.2, 0) is 4.74 Å². The summed E-state index contributed by atoms with van der Waals surface area (Å²) in [6.45, 7) is 4.89. The molecule has 2 unspecified atom stereocenters. The van der Waals surface area contributed by atoms with Crippen LogP contribution in [0.5, 0.6) is 0 Å². The molecular formula is C13H26N2O. The summed E-state index contributed by atoms with van der Waals surface area (Å²) >= 11 is 0. The number of hydrogen-bond donors (Lipinski definition) is 1. The van der Waals surface area contributed by atoms with Crippen molar-refractivity contribution >= 4 is 0 Å². The quantitative estimate of drug-likeness (QED) is 0.786. The van der Waals surface area contributed by atoms with Gasteiger partial charge in [-0.25, -0.2) is 0 Å². The molecule has 2 fully saturated rings. The lowest BCUT2D eigenvalue weighted by Crippen LogP contribution is -2.52. The van der Waals surface area contributed by atoms with Gasteiger partial charge in [0.1, 0.15) is 0 Å². The van der Waals surface area contributed by atoms with E-state index in [1.165, 1.54) is 38.8 Å². The van der Waals surface area contributed by atoms with E-state index in [1.807, 2.05) is 7.11 Å². The Kier molecular flexibility index (Phi) is 4.22. The lowest BCUT2D eigenvalue weighted by Gasteiger charge is -2.40. The summed E-state index contributed by atoms with van der Waals surface area (Å²) in [5.74, 6) is 0.834. The van der Waals surface area contributed by atoms with Gasteiger partial charge in [-0.05, 0) is 52.1 Å². The highest BCUT2D eigenvalue weighted by Crippen LogP contribution is 2.25. The molecule has 1 saturated carbocycles. The van der Waals surface area contributed by atoms with E-state index >= 15 is 0 Å². The molecule has 1 N–H and O–H groups in total. The monoisotopic (exact) mass is 226 g/mol. The van der Waals surface area contributed by atoms with Gasteiger partial charge >= 0.3 is 0 Å². The van der Waals surface area contributed by atoms with Gasteiger partial charge in [0.25, 0.3) is 0 Å². The van der Waals surface area contributed by atoms with Crippen LogP contribution in [0.2, 0.25) is 0 Å². The summed E-state index contributed by atoms with van der Waals surface area (Å²) in [5, 5.41) is 3.76. The predicted molar refractivity (Wildman–Crippen MR) is 66.6 cm³/mol. The van der Waals surface area contributed by atoms with Crippen molar-refractivity contribution in [2.45, 2.75) is 50.8 Å². The van der Waals surface area contributed by atoms with Crippen molar-refractivity contribution < 1.29 is 4.74 Å². The summed E-state index contributed by atoms with van der Waals surface area (Å²) in [6.07, 6.45) is 5.66. The first-order chi connectivity index (χ1) is 7.69. The molecule has 0 bridgehead atoms. The van der Waals surface area contributed by atoms with E-state index in [-0.39, 0.29) is 0 Å². The molecule has 0 aromatic rings. The minimum absolute atomic E-state index is 0.513. The zero-order chi connectivity index (χ0) is 11.5. The molecule has 0 spiro atoms. The molecule has 1 aliphatic carbocycles. The Labute approximate surface area is 99.5 Å². The number of methoxy groups -OCH3 is 1. The zero-order valence-corrected chi connectivity index (χ0v) is 10.9. The molecule has 3 nitrogen and oxygen atoms in total. The molecule has 1 heterocycles. The third-order valence-electron chi connectivity index (χ3n) is 4.29. The van der Waals surface area contributed by atoms with Crippen LogP contribution in [0.4, 0.5) is 0 Å². The first-order valence-corrected chi connectivity index (χ1v) is 6.66. The Morgan fingerprint density at radius 1 is 1.38 bits per heavy atom. The van der Waals surface area contributed by atoms with Crippen molar-refractivity contribution in [3.05, 3.63) is 0 Å². The minimum atomic E-state index is 0.513. The standard InChI is InChI=1S/C13H26N2O/c1-10(11-5-4-6-15(2)9-11)14-12-7-13(8-12)16-3/h10-14H,4-9H2,1-3H3. The van der Waals surface area contributed by atoms with Crippen molar-refractivity contribution in [2.24, 2.45) is 5.92 Å². The van der Waals surface area contributed by atoms with Crippen molar-refractivity contribution in [1.82, 2.24) is 10.2 Å². The maximum Gasteiger partial charge on any atom is 0.0601 e. The number of rotatable bonds is 4. The van der Waals surface area contributed by atoms with Crippen molar-refractivity contribution in [3.8, 4) is 0 Å². The zero-order valence-electron chi connectivity index (χ0n) is 10.9. The molecule has 94 valence electrons. The van der Waals surface area contributed by atoms with Gasteiger partial charge in [0.15, 0.2) is 0 Å². The normalized spacial score (nSPS) is 38.1. The second kappa shape index (κ2) is 5.48. The maximum absolute atomic E-state index is 5.31. The average molecular weight is 226 g/mol. The van der Waals surface area contributed by atoms with E-state index in [4.69, 9.17) is 4.74 Å². The van der Waals surface area contributed by atoms with Gasteiger partial charge in [-0.3, -0.25) is 0 Å². The second-order valence-corrected chi connectivity index (χ2v) is 5.65. The van der Waals surface area contributed by atoms with Crippen LogP contribution in [0.1, 0.15) is 32.6 Å². The van der Waals surface area contributed by atoms with Crippen LogP contribution >= 0.6 is 0 Å². The molecule has 0 aromatic carbocycles. The molecule has 1 aliphatic heterocycles. The molecule has 0 amide bonds. The molecule has 2 rings (SSSR count). The molecule has 2 atom stereocenters. The number of nitrogens with one attached hydrogen (secondary N) is 1. The minimum Gasteiger partial charge on any atom is -0.381 e. The Morgan fingerprint density at radius 2 is 2.12 bits per heavy atom. The van der Waals surface area contributed by atoms with Gasteiger partial charge in [-0.1, -0.05) is 0 Å². The van der Waals surface area contributed by atoms with Gasteiger partial charge in [-0.2, -0.15) is 0 Å². The van der Waals surface area contributed by atoms with Gasteiger partial charge in [0.2, 0.25) is 0 Å². The van der Waals surface area contributed by atoms with E-state index < -0.39 is 0 Å². The maximum atomic E-state index is 5.31. The average Bonchev–Trinajstić information content (AvgIpc) is 2.22. The smallest absolute Gasteiger partial charge is 0.0601 e. The van der Waals surface area contributed by atoms with Crippen molar-refractivity contribution in [2.75, 3.05) is 27.2 Å². The molecule has 0 radical (unpaired) electrons. The number of nitrogens with zero attached hydrogens (tertiary/aromatic N) is 1. The van der Waals surface area contributed by atoms with E-state index in [0.29, 0.717) is 18.2 Å². The van der Waals surface area contributed by atoms with Crippen LogP contribution in [0.25, 0.3) is 0 Å². The highest BCUT2D eigenvalue weighted by molar-refractivity contribution is 4.89. The number of likely N-dealkylation sites (tertiary alicyclic amines) is 1. The number of ether oxygens (including phenoxy) is 1. The summed E-state index contributed by atoms with van der Waals surface area (Å²) in [4.78, 5) is 2.46. The van der Waals surface area contributed by atoms with Crippen molar-refractivity contribution in [3.63, 3.8) is 0 Å². The number of piperidine rings is 1. The van der Waals surface area contributed by atoms with E-state index in [9.17, 15) is 0 Å². The Balaban J connectivity index is 1.69. The van der Waals surface area contributed by atoms with E-state index in [1.54, 1.807) is 0 Å². The molecular weight excluding hydrogens is 200 g/mol. The third kappa shape index (κ3) is 2.96. The fraction of sp³-hybridized carbons (Fsp3) is 1.00. The summed E-state index contributed by atoms with van der Waals surface area (Å²) in [5.41, 5.74) is 0. The second-order valence-electron chi connectivity index (χ2n) is 5.65. The molecule has 0 aromatic heterocycles. The van der Waals surface area contributed by atoms with Gasteiger partial charge < -0.3 is 15.0 Å². The van der Waals surface area contributed by atoms with E-state index in [2.05, 4.69) is 24.2 Å². The van der Waals surface area contributed by atoms with Crippen LogP contribution in [0.15, 0.2) is 0 Å².